The van der Waals surface area contributed by atoms with Crippen molar-refractivity contribution in [3.8, 4) is 5.75 Å². The van der Waals surface area contributed by atoms with E-state index in [0.717, 1.165) is 12.1 Å². The van der Waals surface area contributed by atoms with Crippen molar-refractivity contribution < 1.29 is 27.5 Å². The van der Waals surface area contributed by atoms with Gasteiger partial charge in [0.05, 0.1) is 11.6 Å². The minimum atomic E-state index is -4.45. The van der Waals surface area contributed by atoms with Gasteiger partial charge in [-0.3, -0.25) is 9.59 Å². The van der Waals surface area contributed by atoms with Crippen LogP contribution in [0.15, 0.2) is 48.5 Å². The Labute approximate surface area is 155 Å². The summed E-state index contributed by atoms with van der Waals surface area (Å²) < 4.78 is 44.0. The average molecular weight is 379 g/mol. The first-order valence-corrected chi connectivity index (χ1v) is 8.33. The fraction of sp³-hybridized carbons (Fsp3) is 0.300. The molecular formula is C20H20F3NO3. The van der Waals surface area contributed by atoms with Gasteiger partial charge in [0.15, 0.2) is 11.9 Å². The van der Waals surface area contributed by atoms with Crippen LogP contribution in [0.4, 0.5) is 13.2 Å². The molecule has 0 aliphatic carbocycles. The van der Waals surface area contributed by atoms with E-state index in [9.17, 15) is 22.8 Å². The molecule has 2 aromatic carbocycles. The monoisotopic (exact) mass is 379 g/mol. The highest BCUT2D eigenvalue weighted by molar-refractivity contribution is 5.94. The Hall–Kier alpha value is -2.83. The minimum absolute atomic E-state index is 0.129. The maximum absolute atomic E-state index is 12.8. The van der Waals surface area contributed by atoms with E-state index in [1.807, 2.05) is 0 Å². The van der Waals surface area contributed by atoms with Crippen LogP contribution in [0.1, 0.15) is 48.3 Å². The number of benzene rings is 2. The number of carbonyl (C=O) groups excluding carboxylic acids is 2. The highest BCUT2D eigenvalue weighted by Crippen LogP contribution is 2.30. The van der Waals surface area contributed by atoms with Crippen LogP contribution in [0.3, 0.4) is 0 Å². The van der Waals surface area contributed by atoms with Crippen molar-refractivity contribution >= 4 is 11.7 Å². The summed E-state index contributed by atoms with van der Waals surface area (Å²) >= 11 is 0. The molecule has 0 radical (unpaired) electrons. The highest BCUT2D eigenvalue weighted by Gasteiger charge is 2.31. The van der Waals surface area contributed by atoms with Gasteiger partial charge < -0.3 is 10.1 Å². The third-order valence-electron chi connectivity index (χ3n) is 4.00. The lowest BCUT2D eigenvalue weighted by Gasteiger charge is -2.20. The number of ketones is 1. The molecule has 2 aromatic rings. The number of ether oxygens (including phenoxy) is 1. The fourth-order valence-corrected chi connectivity index (χ4v) is 2.44. The first kappa shape index (κ1) is 20.5. The van der Waals surface area contributed by atoms with Crippen LogP contribution in [-0.2, 0) is 11.0 Å². The molecule has 144 valence electrons. The lowest BCUT2D eigenvalue weighted by Crippen LogP contribution is -2.37. The van der Waals surface area contributed by atoms with Gasteiger partial charge in [-0.25, -0.2) is 0 Å². The summed E-state index contributed by atoms with van der Waals surface area (Å²) in [5.41, 5.74) is 0.0211. The number of rotatable bonds is 6. The zero-order valence-electron chi connectivity index (χ0n) is 15.1. The summed E-state index contributed by atoms with van der Waals surface area (Å²) in [5, 5.41) is 2.63. The van der Waals surface area contributed by atoms with Crippen molar-refractivity contribution in [3.63, 3.8) is 0 Å². The second kappa shape index (κ2) is 8.24. The van der Waals surface area contributed by atoms with Gasteiger partial charge in [0.25, 0.3) is 5.91 Å². The summed E-state index contributed by atoms with van der Waals surface area (Å²) in [5.74, 6) is -0.249. The van der Waals surface area contributed by atoms with E-state index >= 15 is 0 Å². The van der Waals surface area contributed by atoms with Gasteiger partial charge in [-0.2, -0.15) is 13.2 Å². The molecule has 0 heterocycles. The molecule has 0 bridgehead atoms. The summed E-state index contributed by atoms with van der Waals surface area (Å²) in [6.45, 7) is 4.54. The molecule has 2 unspecified atom stereocenters. The Balaban J connectivity index is 2.04. The first-order chi connectivity index (χ1) is 12.6. The van der Waals surface area contributed by atoms with Crippen LogP contribution in [0.2, 0.25) is 0 Å². The summed E-state index contributed by atoms with van der Waals surface area (Å²) in [7, 11) is 0. The molecule has 0 fully saturated rings. The van der Waals surface area contributed by atoms with E-state index in [2.05, 4.69) is 5.32 Å². The molecule has 0 saturated heterocycles. The highest BCUT2D eigenvalue weighted by atomic mass is 19.4. The lowest BCUT2D eigenvalue weighted by molar-refractivity contribution is -0.137. The topological polar surface area (TPSA) is 55.4 Å². The average Bonchev–Trinajstić information content (AvgIpc) is 2.61. The van der Waals surface area contributed by atoms with Crippen LogP contribution < -0.4 is 10.1 Å². The smallest absolute Gasteiger partial charge is 0.416 e. The van der Waals surface area contributed by atoms with Crippen molar-refractivity contribution in [2.75, 3.05) is 0 Å². The number of carbonyl (C=O) groups is 2. The summed E-state index contributed by atoms with van der Waals surface area (Å²) in [4.78, 5) is 23.7. The maximum atomic E-state index is 12.8. The second-order valence-corrected chi connectivity index (χ2v) is 6.20. The van der Waals surface area contributed by atoms with Crippen LogP contribution in [0, 0.1) is 0 Å². The van der Waals surface area contributed by atoms with Gasteiger partial charge in [0.2, 0.25) is 0 Å². The zero-order chi connectivity index (χ0) is 20.2. The van der Waals surface area contributed by atoms with Crippen LogP contribution >= 0.6 is 0 Å². The van der Waals surface area contributed by atoms with E-state index < -0.39 is 29.8 Å². The Morgan fingerprint density at radius 2 is 1.70 bits per heavy atom. The van der Waals surface area contributed by atoms with E-state index in [0.29, 0.717) is 16.9 Å². The molecule has 7 heteroatoms. The van der Waals surface area contributed by atoms with E-state index in [1.54, 1.807) is 25.1 Å². The fourth-order valence-electron chi connectivity index (χ4n) is 2.44. The van der Waals surface area contributed by atoms with Crippen molar-refractivity contribution in [2.45, 2.75) is 39.1 Å². The van der Waals surface area contributed by atoms with Crippen molar-refractivity contribution in [1.82, 2.24) is 5.32 Å². The third-order valence-corrected chi connectivity index (χ3v) is 4.00. The Bertz CT molecular complexity index is 833. The molecule has 0 aliphatic rings. The predicted octanol–water partition coefficient (Wildman–Crippen LogP) is 4.55. The number of amides is 1. The third kappa shape index (κ3) is 5.57. The van der Waals surface area contributed by atoms with Gasteiger partial charge in [-0.05, 0) is 50.6 Å². The predicted molar refractivity (Wildman–Crippen MR) is 94.5 cm³/mol. The molecule has 27 heavy (non-hydrogen) atoms. The van der Waals surface area contributed by atoms with Crippen LogP contribution in [-0.4, -0.2) is 17.8 Å². The van der Waals surface area contributed by atoms with Crippen molar-refractivity contribution in [3.05, 3.63) is 65.2 Å². The van der Waals surface area contributed by atoms with Crippen LogP contribution in [0.5, 0.6) is 5.75 Å². The molecule has 0 saturated carbocycles. The van der Waals surface area contributed by atoms with E-state index in [4.69, 9.17) is 4.74 Å². The Morgan fingerprint density at radius 3 is 2.33 bits per heavy atom. The molecular weight excluding hydrogens is 359 g/mol. The standard InChI is InChI=1S/C20H20F3NO3/c1-12(15-6-4-8-17(10-15)20(21,22)23)24-19(26)14(3)27-18-9-5-7-16(11-18)13(2)25/h4-12,14H,1-3H3,(H,24,26). The maximum Gasteiger partial charge on any atom is 0.416 e. The van der Waals surface area contributed by atoms with E-state index in [-0.39, 0.29) is 5.78 Å². The Kier molecular flexibility index (Phi) is 6.25. The molecule has 0 aliphatic heterocycles. The summed E-state index contributed by atoms with van der Waals surface area (Å²) in [6.07, 6.45) is -5.34. The Morgan fingerprint density at radius 1 is 1.04 bits per heavy atom. The molecule has 0 spiro atoms. The molecule has 1 amide bonds. The second-order valence-electron chi connectivity index (χ2n) is 6.20. The molecule has 0 aromatic heterocycles. The van der Waals surface area contributed by atoms with Gasteiger partial charge in [-0.1, -0.05) is 24.3 Å². The molecule has 2 atom stereocenters. The number of hydrogen-bond donors (Lipinski definition) is 1. The number of alkyl halides is 3. The molecule has 2 rings (SSSR count). The van der Waals surface area contributed by atoms with Crippen molar-refractivity contribution in [2.24, 2.45) is 0 Å². The molecule has 4 nitrogen and oxygen atoms in total. The number of nitrogens with one attached hydrogen (secondary N) is 1. The van der Waals surface area contributed by atoms with Crippen molar-refractivity contribution in [1.29, 1.82) is 0 Å². The molecule has 1 N–H and O–H groups in total. The SMILES string of the molecule is CC(=O)c1cccc(OC(C)C(=O)NC(C)c2cccc(C(F)(F)F)c2)c1. The van der Waals surface area contributed by atoms with Gasteiger partial charge in [0, 0.05) is 5.56 Å². The number of halogens is 3. The van der Waals surface area contributed by atoms with Gasteiger partial charge in [0.1, 0.15) is 5.75 Å². The van der Waals surface area contributed by atoms with Crippen LogP contribution in [0.25, 0.3) is 0 Å². The van der Waals surface area contributed by atoms with Gasteiger partial charge >= 0.3 is 6.18 Å². The number of Topliss-reactive ketones (excluding diaryl/α,β-unsaturated/α-hetero) is 1. The van der Waals surface area contributed by atoms with E-state index in [1.165, 1.54) is 32.0 Å². The lowest BCUT2D eigenvalue weighted by atomic mass is 10.0. The quantitative estimate of drug-likeness (QED) is 0.749. The minimum Gasteiger partial charge on any atom is -0.481 e. The number of hydrogen-bond acceptors (Lipinski definition) is 3. The zero-order valence-corrected chi connectivity index (χ0v) is 15.1. The first-order valence-electron chi connectivity index (χ1n) is 8.33. The largest absolute Gasteiger partial charge is 0.481 e. The summed E-state index contributed by atoms with van der Waals surface area (Å²) in [6, 6.07) is 10.6. The normalized spacial score (nSPS) is 13.6. The van der Waals surface area contributed by atoms with Gasteiger partial charge in [-0.15, -0.1) is 0 Å².